The summed E-state index contributed by atoms with van der Waals surface area (Å²) in [4.78, 5) is 36.9. The first kappa shape index (κ1) is 19.8. The summed E-state index contributed by atoms with van der Waals surface area (Å²) in [5.74, 6) is -2.67. The van der Waals surface area contributed by atoms with Gasteiger partial charge in [0.05, 0.1) is 10.7 Å². The molecule has 0 unspecified atom stereocenters. The largest absolute Gasteiger partial charge is 0.481 e. The smallest absolute Gasteiger partial charge is 0.309 e. The molecule has 2 heterocycles. The number of alkyl halides is 1. The van der Waals surface area contributed by atoms with Crippen molar-refractivity contribution in [3.63, 3.8) is 0 Å². The maximum absolute atomic E-state index is 13.0. The molecule has 3 rings (SSSR count). The molecule has 0 aliphatic carbocycles. The van der Waals surface area contributed by atoms with E-state index in [0.717, 1.165) is 24.9 Å². The molecule has 1 aromatic carbocycles. The average molecular weight is 438 g/mol. The number of carboxylic acid groups (broad SMARTS) is 1. The molecule has 2 amide bonds. The minimum absolute atomic E-state index is 0.327. The minimum atomic E-state index is -1.05. The van der Waals surface area contributed by atoms with Gasteiger partial charge in [-0.1, -0.05) is 46.3 Å². The van der Waals surface area contributed by atoms with Crippen molar-refractivity contribution in [2.45, 2.75) is 36.6 Å². The van der Waals surface area contributed by atoms with Gasteiger partial charge in [0, 0.05) is 19.6 Å². The Balaban J connectivity index is 1.73. The fourth-order valence-electron chi connectivity index (χ4n) is 3.67. The lowest BCUT2D eigenvalue weighted by molar-refractivity contribution is -0.156. The second-order valence-electron chi connectivity index (χ2n) is 7.00. The average Bonchev–Trinajstić information content (AvgIpc) is 2.80. The monoisotopic (exact) mass is 437 g/mol. The number of nitrogens with zero attached hydrogens (tertiary/aromatic N) is 2. The van der Waals surface area contributed by atoms with Crippen molar-refractivity contribution < 1.29 is 19.5 Å². The number of carbonyl (C=O) groups is 3. The van der Waals surface area contributed by atoms with E-state index in [-0.39, 0.29) is 11.8 Å². The lowest BCUT2D eigenvalue weighted by Crippen LogP contribution is -2.57. The number of fused-ring (bicyclic) bond motifs is 1. The van der Waals surface area contributed by atoms with Crippen LogP contribution in [0.1, 0.15) is 24.8 Å². The summed E-state index contributed by atoms with van der Waals surface area (Å²) < 4.78 is 0. The summed E-state index contributed by atoms with van der Waals surface area (Å²) in [6.07, 6.45) is 2.66. The van der Waals surface area contributed by atoms with E-state index in [1.807, 2.05) is 35.3 Å². The van der Waals surface area contributed by atoms with Gasteiger partial charge in [-0.25, -0.2) is 5.01 Å². The second-order valence-corrected chi connectivity index (χ2v) is 8.10. The molecule has 0 aromatic heterocycles. The summed E-state index contributed by atoms with van der Waals surface area (Å²) in [6.45, 7) is 1.82. The van der Waals surface area contributed by atoms with Crippen molar-refractivity contribution in [2.75, 3.05) is 19.6 Å². The van der Waals surface area contributed by atoms with E-state index < -0.39 is 22.8 Å². The van der Waals surface area contributed by atoms with Gasteiger partial charge in [0.2, 0.25) is 5.91 Å². The first-order valence-electron chi connectivity index (χ1n) is 9.25. The molecular weight excluding hydrogens is 414 g/mol. The second kappa shape index (κ2) is 8.84. The summed E-state index contributed by atoms with van der Waals surface area (Å²) in [5.41, 5.74) is 0.985. The first-order valence-corrected chi connectivity index (χ1v) is 10.2. The summed E-state index contributed by atoms with van der Waals surface area (Å²) in [7, 11) is 0. The van der Waals surface area contributed by atoms with Crippen LogP contribution in [0.4, 0.5) is 0 Å². The van der Waals surface area contributed by atoms with Crippen LogP contribution in [0.15, 0.2) is 30.3 Å². The summed E-state index contributed by atoms with van der Waals surface area (Å²) in [6, 6.07) is 8.49. The van der Waals surface area contributed by atoms with Crippen LogP contribution in [0.2, 0.25) is 0 Å². The van der Waals surface area contributed by atoms with E-state index in [9.17, 15) is 19.5 Å². The van der Waals surface area contributed by atoms with E-state index in [0.29, 0.717) is 25.9 Å². The Bertz CT molecular complexity index is 699. The maximum atomic E-state index is 13.0. The van der Waals surface area contributed by atoms with E-state index in [1.54, 1.807) is 5.01 Å². The van der Waals surface area contributed by atoms with Crippen molar-refractivity contribution in [1.82, 2.24) is 15.3 Å². The zero-order valence-electron chi connectivity index (χ0n) is 15.0. The number of rotatable bonds is 5. The molecule has 27 heavy (non-hydrogen) atoms. The number of carboxylic acids is 1. The fraction of sp³-hybridized carbons (Fsp3) is 0.526. The first-order chi connectivity index (χ1) is 13.0. The van der Waals surface area contributed by atoms with Crippen molar-refractivity contribution >= 4 is 33.7 Å². The van der Waals surface area contributed by atoms with Crippen molar-refractivity contribution in [3.05, 3.63) is 35.9 Å². The quantitative estimate of drug-likeness (QED) is 0.679. The Morgan fingerprint density at radius 3 is 2.59 bits per heavy atom. The van der Waals surface area contributed by atoms with Gasteiger partial charge in [-0.05, 0) is 31.2 Å². The SMILES string of the molecule is O=C(N[C@@H]1C(=O)N2CCCCN2CC[C@H]1C(=O)O)[C@H](Br)Cc1ccccc1. The third-order valence-electron chi connectivity index (χ3n) is 5.16. The molecule has 0 spiro atoms. The van der Waals surface area contributed by atoms with E-state index in [1.165, 1.54) is 0 Å². The van der Waals surface area contributed by atoms with Crippen LogP contribution in [0.25, 0.3) is 0 Å². The highest BCUT2D eigenvalue weighted by molar-refractivity contribution is 9.10. The van der Waals surface area contributed by atoms with Crippen LogP contribution >= 0.6 is 15.9 Å². The van der Waals surface area contributed by atoms with Gasteiger partial charge in [-0.3, -0.25) is 19.4 Å². The number of amides is 2. The number of nitrogens with one attached hydrogen (secondary N) is 1. The Labute approximate surface area is 166 Å². The highest BCUT2D eigenvalue weighted by atomic mass is 79.9. The van der Waals surface area contributed by atoms with E-state index in [2.05, 4.69) is 21.2 Å². The Morgan fingerprint density at radius 1 is 1.19 bits per heavy atom. The number of benzene rings is 1. The molecule has 146 valence electrons. The van der Waals surface area contributed by atoms with Gasteiger partial charge >= 0.3 is 5.97 Å². The molecule has 0 radical (unpaired) electrons. The molecule has 2 fully saturated rings. The molecule has 2 N–H and O–H groups in total. The highest BCUT2D eigenvalue weighted by Crippen LogP contribution is 2.24. The molecule has 8 heteroatoms. The molecule has 7 nitrogen and oxygen atoms in total. The summed E-state index contributed by atoms with van der Waals surface area (Å²) >= 11 is 3.38. The van der Waals surface area contributed by atoms with Crippen LogP contribution in [-0.2, 0) is 20.8 Å². The van der Waals surface area contributed by atoms with Crippen molar-refractivity contribution in [1.29, 1.82) is 0 Å². The number of carbonyl (C=O) groups excluding carboxylic acids is 2. The van der Waals surface area contributed by atoms with E-state index >= 15 is 0 Å². The van der Waals surface area contributed by atoms with Gasteiger partial charge < -0.3 is 10.4 Å². The van der Waals surface area contributed by atoms with Crippen LogP contribution in [0.3, 0.4) is 0 Å². The topological polar surface area (TPSA) is 90.0 Å². The summed E-state index contributed by atoms with van der Waals surface area (Å²) in [5, 5.41) is 15.9. The minimum Gasteiger partial charge on any atom is -0.481 e. The zero-order chi connectivity index (χ0) is 19.4. The van der Waals surface area contributed by atoms with Crippen LogP contribution < -0.4 is 5.32 Å². The van der Waals surface area contributed by atoms with Crippen molar-refractivity contribution in [2.24, 2.45) is 5.92 Å². The molecular formula is C19H24BrN3O4. The molecule has 2 aliphatic rings. The molecule has 3 atom stereocenters. The van der Waals surface area contributed by atoms with E-state index in [4.69, 9.17) is 0 Å². The number of aliphatic carboxylic acids is 1. The zero-order valence-corrected chi connectivity index (χ0v) is 16.6. The third kappa shape index (κ3) is 4.68. The van der Waals surface area contributed by atoms with Crippen LogP contribution in [0.5, 0.6) is 0 Å². The molecule has 2 aliphatic heterocycles. The fourth-order valence-corrected chi connectivity index (χ4v) is 4.18. The van der Waals surface area contributed by atoms with Gasteiger partial charge in [-0.15, -0.1) is 0 Å². The molecule has 1 aromatic rings. The maximum Gasteiger partial charge on any atom is 0.309 e. The molecule has 2 saturated heterocycles. The highest BCUT2D eigenvalue weighted by Gasteiger charge is 2.43. The lowest BCUT2D eigenvalue weighted by Gasteiger charge is -2.38. The molecule has 0 bridgehead atoms. The third-order valence-corrected chi connectivity index (χ3v) is 5.90. The van der Waals surface area contributed by atoms with Gasteiger partial charge in [0.15, 0.2) is 0 Å². The predicted octanol–water partition coefficient (Wildman–Crippen LogP) is 1.42. The Kier molecular flexibility index (Phi) is 6.49. The predicted molar refractivity (Wildman–Crippen MR) is 103 cm³/mol. The lowest BCUT2D eigenvalue weighted by atomic mass is 9.95. The number of halogens is 1. The van der Waals surface area contributed by atoms with Gasteiger partial charge in [-0.2, -0.15) is 0 Å². The van der Waals surface area contributed by atoms with Crippen molar-refractivity contribution in [3.8, 4) is 0 Å². The number of hydrogen-bond donors (Lipinski definition) is 2. The number of hydrogen-bond acceptors (Lipinski definition) is 4. The normalized spacial score (nSPS) is 24.6. The standard InChI is InChI=1S/C19H24BrN3O4/c20-15(12-13-6-2-1-3-7-13)17(24)21-16-14(19(26)27)8-11-22-9-4-5-10-23(22)18(16)25/h1-3,6-7,14-16H,4-5,8-12H2,(H,21,24)(H,26,27)/t14-,15-,16+/m1/s1. The van der Waals surface area contributed by atoms with Crippen LogP contribution in [0, 0.1) is 5.92 Å². The van der Waals surface area contributed by atoms with Gasteiger partial charge in [0.1, 0.15) is 6.04 Å². The van der Waals surface area contributed by atoms with Gasteiger partial charge in [0.25, 0.3) is 5.91 Å². The Morgan fingerprint density at radius 2 is 1.89 bits per heavy atom. The van der Waals surface area contributed by atoms with Crippen LogP contribution in [-0.4, -0.2) is 63.4 Å². The molecule has 0 saturated carbocycles. The Hall–Kier alpha value is -1.93. The number of hydrazine groups is 1.